The average Bonchev–Trinajstić information content (AvgIpc) is 2.44. The Hall–Kier alpha value is -1.58. The van der Waals surface area contributed by atoms with Crippen molar-refractivity contribution in [1.29, 1.82) is 0 Å². The number of nitrogens with two attached hydrogens (primary N) is 1. The van der Waals surface area contributed by atoms with E-state index in [1.54, 1.807) is 0 Å². The van der Waals surface area contributed by atoms with Crippen LogP contribution in [0.1, 0.15) is 68.6 Å². The van der Waals surface area contributed by atoms with Crippen molar-refractivity contribution in [3.8, 4) is 0 Å². The maximum Gasteiger partial charge on any atom is 0.338 e. The van der Waals surface area contributed by atoms with Crippen molar-refractivity contribution in [3.63, 3.8) is 0 Å². The summed E-state index contributed by atoms with van der Waals surface area (Å²) in [4.78, 5) is 11.7. The Bertz CT molecular complexity index is 415. The molecule has 0 bridgehead atoms. The van der Waals surface area contributed by atoms with E-state index in [0.29, 0.717) is 6.61 Å². The third kappa shape index (κ3) is 7.69. The fraction of sp³-hybridized carbons (Fsp3) is 0.588. The summed E-state index contributed by atoms with van der Waals surface area (Å²) in [6.07, 6.45) is 9.51. The number of unbranched alkanes of at least 4 members (excludes halogenated alkanes) is 7. The molecule has 0 saturated heterocycles. The number of benzene rings is 1. The van der Waals surface area contributed by atoms with Gasteiger partial charge in [-0.05, 0) is 24.6 Å². The normalized spacial score (nSPS) is 10.6. The van der Waals surface area contributed by atoms with Gasteiger partial charge in [0.15, 0.2) is 0 Å². The van der Waals surface area contributed by atoms with Crippen LogP contribution in [0.3, 0.4) is 0 Å². The number of anilines is 1. The van der Waals surface area contributed by atoms with Crippen LogP contribution in [-0.4, -0.2) is 12.6 Å². The second kappa shape index (κ2) is 10.2. The zero-order chi connectivity index (χ0) is 15.5. The molecule has 0 radical (unpaired) electrons. The summed E-state index contributed by atoms with van der Waals surface area (Å²) in [6.45, 7) is 2.59. The number of carbonyl (C=O) groups excluding carboxylic acids is 1. The summed E-state index contributed by atoms with van der Waals surface area (Å²) < 4.78 is 18.2. The molecule has 0 heterocycles. The topological polar surface area (TPSA) is 52.3 Å². The van der Waals surface area contributed by atoms with Crippen LogP contribution >= 0.6 is 0 Å². The van der Waals surface area contributed by atoms with Gasteiger partial charge in [0.05, 0.1) is 12.2 Å². The molecule has 1 aromatic carbocycles. The Balaban J connectivity index is 2.11. The van der Waals surface area contributed by atoms with E-state index >= 15 is 0 Å². The van der Waals surface area contributed by atoms with Gasteiger partial charge < -0.3 is 10.5 Å². The zero-order valence-electron chi connectivity index (χ0n) is 12.9. The molecule has 4 heteroatoms. The van der Waals surface area contributed by atoms with Crippen LogP contribution < -0.4 is 5.73 Å². The van der Waals surface area contributed by atoms with Gasteiger partial charge in [0.2, 0.25) is 0 Å². The molecule has 2 N–H and O–H groups in total. The summed E-state index contributed by atoms with van der Waals surface area (Å²) in [5.41, 5.74) is 5.90. The van der Waals surface area contributed by atoms with E-state index in [0.717, 1.165) is 18.9 Å². The molecular formula is C17H26FNO2. The number of hydrogen-bond acceptors (Lipinski definition) is 3. The summed E-state index contributed by atoms with van der Waals surface area (Å²) in [5, 5.41) is 0. The molecular weight excluding hydrogens is 269 g/mol. The van der Waals surface area contributed by atoms with E-state index in [1.165, 1.54) is 50.7 Å². The van der Waals surface area contributed by atoms with Crippen LogP contribution in [0.5, 0.6) is 0 Å². The van der Waals surface area contributed by atoms with Crippen molar-refractivity contribution in [2.24, 2.45) is 0 Å². The largest absolute Gasteiger partial charge is 0.462 e. The minimum absolute atomic E-state index is 0.173. The number of ether oxygens (including phenoxy) is 1. The predicted octanol–water partition coefficient (Wildman–Crippen LogP) is 4.71. The van der Waals surface area contributed by atoms with Gasteiger partial charge in [-0.2, -0.15) is 0 Å². The van der Waals surface area contributed by atoms with Crippen LogP contribution in [0.2, 0.25) is 0 Å². The van der Waals surface area contributed by atoms with Gasteiger partial charge >= 0.3 is 5.97 Å². The molecule has 0 aromatic heterocycles. The van der Waals surface area contributed by atoms with Gasteiger partial charge in [-0.1, -0.05) is 51.9 Å². The Kier molecular flexibility index (Phi) is 8.48. The Labute approximate surface area is 126 Å². The lowest BCUT2D eigenvalue weighted by atomic mass is 10.1. The molecule has 0 aliphatic rings. The highest BCUT2D eigenvalue weighted by atomic mass is 19.1. The standard InChI is InChI=1S/C17H26FNO2/c1-2-3-4-5-6-7-8-9-10-21-17(20)14-11-15(18)13-16(19)12-14/h11-13H,2-10,19H2,1H3. The number of halogens is 1. The number of rotatable bonds is 10. The van der Waals surface area contributed by atoms with Crippen LogP contribution in [0.25, 0.3) is 0 Å². The Morgan fingerprint density at radius 1 is 1.05 bits per heavy atom. The molecule has 0 fully saturated rings. The molecule has 21 heavy (non-hydrogen) atoms. The quantitative estimate of drug-likeness (QED) is 0.386. The number of carbonyl (C=O) groups is 1. The number of hydrogen-bond donors (Lipinski definition) is 1. The second-order valence-corrected chi connectivity index (χ2v) is 5.38. The van der Waals surface area contributed by atoms with Crippen molar-refractivity contribution < 1.29 is 13.9 Å². The van der Waals surface area contributed by atoms with Crippen molar-refractivity contribution >= 4 is 11.7 Å². The van der Waals surface area contributed by atoms with Crippen molar-refractivity contribution in [2.75, 3.05) is 12.3 Å². The van der Waals surface area contributed by atoms with E-state index in [9.17, 15) is 9.18 Å². The number of esters is 1. The van der Waals surface area contributed by atoms with Crippen molar-refractivity contribution in [3.05, 3.63) is 29.6 Å². The number of nitrogen functional groups attached to an aromatic ring is 1. The molecule has 3 nitrogen and oxygen atoms in total. The van der Waals surface area contributed by atoms with E-state index in [-0.39, 0.29) is 11.3 Å². The molecule has 1 aromatic rings. The second-order valence-electron chi connectivity index (χ2n) is 5.38. The van der Waals surface area contributed by atoms with Gasteiger partial charge in [-0.3, -0.25) is 0 Å². The first kappa shape index (κ1) is 17.5. The van der Waals surface area contributed by atoms with E-state index in [1.807, 2.05) is 0 Å². The predicted molar refractivity (Wildman–Crippen MR) is 83.7 cm³/mol. The van der Waals surface area contributed by atoms with Gasteiger partial charge in [0, 0.05) is 5.69 Å². The van der Waals surface area contributed by atoms with E-state index < -0.39 is 11.8 Å². The van der Waals surface area contributed by atoms with Crippen LogP contribution in [0, 0.1) is 5.82 Å². The van der Waals surface area contributed by atoms with Crippen LogP contribution in [0.4, 0.5) is 10.1 Å². The lowest BCUT2D eigenvalue weighted by Gasteiger charge is -2.06. The van der Waals surface area contributed by atoms with Crippen molar-refractivity contribution in [2.45, 2.75) is 58.3 Å². The maximum absolute atomic E-state index is 13.1. The minimum atomic E-state index is -0.519. The average molecular weight is 295 g/mol. The highest BCUT2D eigenvalue weighted by molar-refractivity contribution is 5.90. The Morgan fingerprint density at radius 2 is 1.67 bits per heavy atom. The first-order valence-corrected chi connectivity index (χ1v) is 7.86. The summed E-state index contributed by atoms with van der Waals surface area (Å²) in [7, 11) is 0. The summed E-state index contributed by atoms with van der Waals surface area (Å²) >= 11 is 0. The molecule has 1 rings (SSSR count). The zero-order valence-corrected chi connectivity index (χ0v) is 12.9. The molecule has 0 spiro atoms. The van der Waals surface area contributed by atoms with Gasteiger partial charge in [-0.25, -0.2) is 9.18 Å². The van der Waals surface area contributed by atoms with Crippen molar-refractivity contribution in [1.82, 2.24) is 0 Å². The van der Waals surface area contributed by atoms with E-state index in [4.69, 9.17) is 10.5 Å². The SMILES string of the molecule is CCCCCCCCCCOC(=O)c1cc(N)cc(F)c1. The fourth-order valence-electron chi connectivity index (χ4n) is 2.21. The highest BCUT2D eigenvalue weighted by Crippen LogP contribution is 2.13. The fourth-order valence-corrected chi connectivity index (χ4v) is 2.21. The van der Waals surface area contributed by atoms with Gasteiger partial charge in [-0.15, -0.1) is 0 Å². The third-order valence-corrected chi connectivity index (χ3v) is 3.39. The maximum atomic E-state index is 13.1. The molecule has 0 aliphatic heterocycles. The van der Waals surface area contributed by atoms with Gasteiger partial charge in [0.25, 0.3) is 0 Å². The monoisotopic (exact) mass is 295 g/mol. The lowest BCUT2D eigenvalue weighted by Crippen LogP contribution is -2.07. The Morgan fingerprint density at radius 3 is 2.29 bits per heavy atom. The highest BCUT2D eigenvalue weighted by Gasteiger charge is 2.09. The molecule has 118 valence electrons. The third-order valence-electron chi connectivity index (χ3n) is 3.39. The van der Waals surface area contributed by atoms with E-state index in [2.05, 4.69) is 6.92 Å². The van der Waals surface area contributed by atoms with Crippen LogP contribution in [0.15, 0.2) is 18.2 Å². The van der Waals surface area contributed by atoms with Crippen LogP contribution in [-0.2, 0) is 4.74 Å². The lowest BCUT2D eigenvalue weighted by molar-refractivity contribution is 0.0497. The first-order valence-electron chi connectivity index (χ1n) is 7.86. The smallest absolute Gasteiger partial charge is 0.338 e. The molecule has 0 saturated carbocycles. The minimum Gasteiger partial charge on any atom is -0.462 e. The summed E-state index contributed by atoms with van der Waals surface area (Å²) in [5.74, 6) is -1.03. The molecule has 0 aliphatic carbocycles. The molecule has 0 amide bonds. The summed E-state index contributed by atoms with van der Waals surface area (Å²) in [6, 6.07) is 3.75. The van der Waals surface area contributed by atoms with Gasteiger partial charge in [0.1, 0.15) is 5.82 Å². The molecule has 0 atom stereocenters. The first-order chi connectivity index (χ1) is 10.1. The molecule has 0 unspecified atom stereocenters.